The number of anilines is 1. The monoisotopic (exact) mass is 220 g/mol. The van der Waals surface area contributed by atoms with Gasteiger partial charge in [0, 0.05) is 16.5 Å². The number of nitrogens with two attached hydrogens (primary N) is 1. The van der Waals surface area contributed by atoms with E-state index in [1.807, 2.05) is 6.26 Å². The normalized spacial score (nSPS) is 10.5. The smallest absolute Gasteiger partial charge is 0.222 e. The first-order chi connectivity index (χ1) is 7.20. The zero-order chi connectivity index (χ0) is 10.8. The summed E-state index contributed by atoms with van der Waals surface area (Å²) in [7, 11) is 0. The summed E-state index contributed by atoms with van der Waals surface area (Å²) >= 11 is 1.69. The summed E-state index contributed by atoms with van der Waals surface area (Å²) in [5, 5.41) is 3.92. The van der Waals surface area contributed by atoms with E-state index in [1.165, 1.54) is 10.5 Å². The Bertz CT molecular complexity index is 479. The van der Waals surface area contributed by atoms with Crippen LogP contribution in [-0.2, 0) is 0 Å². The SMILES string of the molecule is CSc1ccc(C)cc1-c1cc(N)on1. The van der Waals surface area contributed by atoms with Crippen LogP contribution in [0.15, 0.2) is 33.7 Å². The molecule has 0 unspecified atom stereocenters. The lowest BCUT2D eigenvalue weighted by molar-refractivity contribution is 0.439. The number of nitrogen functional groups attached to an aromatic ring is 1. The van der Waals surface area contributed by atoms with Gasteiger partial charge in [-0.25, -0.2) is 0 Å². The molecule has 0 aliphatic heterocycles. The van der Waals surface area contributed by atoms with Gasteiger partial charge in [0.05, 0.1) is 0 Å². The van der Waals surface area contributed by atoms with E-state index in [0.717, 1.165) is 11.3 Å². The maximum absolute atomic E-state index is 5.51. The van der Waals surface area contributed by atoms with Gasteiger partial charge in [-0.3, -0.25) is 0 Å². The predicted octanol–water partition coefficient (Wildman–Crippen LogP) is 2.95. The molecule has 3 nitrogen and oxygen atoms in total. The van der Waals surface area contributed by atoms with E-state index in [2.05, 4.69) is 30.3 Å². The zero-order valence-corrected chi connectivity index (χ0v) is 9.47. The van der Waals surface area contributed by atoms with Crippen molar-refractivity contribution < 1.29 is 4.52 Å². The molecule has 4 heteroatoms. The first kappa shape index (κ1) is 10.1. The summed E-state index contributed by atoms with van der Waals surface area (Å²) in [6.07, 6.45) is 2.04. The molecule has 1 aromatic carbocycles. The standard InChI is InChI=1S/C11H12N2OS/c1-7-3-4-10(15-2)8(5-7)9-6-11(12)14-13-9/h3-6H,12H2,1-2H3. The molecule has 1 heterocycles. The third-order valence-electron chi connectivity index (χ3n) is 2.16. The molecular formula is C11H12N2OS. The summed E-state index contributed by atoms with van der Waals surface area (Å²) in [6.45, 7) is 2.05. The van der Waals surface area contributed by atoms with Gasteiger partial charge in [0.15, 0.2) is 0 Å². The minimum atomic E-state index is 0.346. The molecule has 2 aromatic rings. The number of benzene rings is 1. The number of hydrogen-bond donors (Lipinski definition) is 1. The minimum Gasteiger partial charge on any atom is -0.368 e. The van der Waals surface area contributed by atoms with E-state index >= 15 is 0 Å². The molecule has 2 rings (SSSR count). The molecule has 78 valence electrons. The number of aromatic nitrogens is 1. The highest BCUT2D eigenvalue weighted by molar-refractivity contribution is 7.98. The van der Waals surface area contributed by atoms with Gasteiger partial charge in [0.25, 0.3) is 0 Å². The maximum atomic E-state index is 5.51. The lowest BCUT2D eigenvalue weighted by Crippen LogP contribution is -1.83. The van der Waals surface area contributed by atoms with Crippen molar-refractivity contribution in [3.8, 4) is 11.3 Å². The topological polar surface area (TPSA) is 52.0 Å². The summed E-state index contributed by atoms with van der Waals surface area (Å²) in [4.78, 5) is 1.17. The lowest BCUT2D eigenvalue weighted by atomic mass is 10.1. The van der Waals surface area contributed by atoms with Crippen molar-refractivity contribution in [2.75, 3.05) is 12.0 Å². The summed E-state index contributed by atoms with van der Waals surface area (Å²) in [5.74, 6) is 0.346. The fourth-order valence-electron chi connectivity index (χ4n) is 1.44. The van der Waals surface area contributed by atoms with E-state index in [4.69, 9.17) is 10.3 Å². The van der Waals surface area contributed by atoms with Gasteiger partial charge in [-0.1, -0.05) is 16.8 Å². The summed E-state index contributed by atoms with van der Waals surface area (Å²) in [6, 6.07) is 8.00. The molecule has 0 bridgehead atoms. The van der Waals surface area contributed by atoms with E-state index < -0.39 is 0 Å². The van der Waals surface area contributed by atoms with Crippen LogP contribution in [0.2, 0.25) is 0 Å². The lowest BCUT2D eigenvalue weighted by Gasteiger charge is -2.04. The first-order valence-corrected chi connectivity index (χ1v) is 5.80. The number of nitrogens with zero attached hydrogens (tertiary/aromatic N) is 1. The zero-order valence-electron chi connectivity index (χ0n) is 8.65. The average Bonchev–Trinajstić information content (AvgIpc) is 2.65. The Morgan fingerprint density at radius 3 is 2.73 bits per heavy atom. The largest absolute Gasteiger partial charge is 0.368 e. The van der Waals surface area contributed by atoms with E-state index in [-0.39, 0.29) is 0 Å². The Morgan fingerprint density at radius 1 is 1.33 bits per heavy atom. The molecule has 0 aliphatic rings. The van der Waals surface area contributed by atoms with Crippen LogP contribution in [0.4, 0.5) is 5.88 Å². The highest BCUT2D eigenvalue weighted by atomic mass is 32.2. The third-order valence-corrected chi connectivity index (χ3v) is 2.96. The Morgan fingerprint density at radius 2 is 2.13 bits per heavy atom. The number of hydrogen-bond acceptors (Lipinski definition) is 4. The molecule has 0 spiro atoms. The van der Waals surface area contributed by atoms with Crippen molar-refractivity contribution in [2.24, 2.45) is 0 Å². The van der Waals surface area contributed by atoms with Crippen LogP contribution in [0.3, 0.4) is 0 Å². The van der Waals surface area contributed by atoms with Crippen molar-refractivity contribution >= 4 is 17.6 Å². The Balaban J connectivity index is 2.55. The fraction of sp³-hybridized carbons (Fsp3) is 0.182. The highest BCUT2D eigenvalue weighted by Gasteiger charge is 2.09. The second kappa shape index (κ2) is 3.98. The molecule has 15 heavy (non-hydrogen) atoms. The minimum absolute atomic E-state index is 0.346. The average molecular weight is 220 g/mol. The fourth-order valence-corrected chi connectivity index (χ4v) is 2.03. The van der Waals surface area contributed by atoms with Gasteiger partial charge < -0.3 is 10.3 Å². The molecule has 1 aromatic heterocycles. The Labute approximate surface area is 92.6 Å². The number of rotatable bonds is 2. The van der Waals surface area contributed by atoms with Gasteiger partial charge in [-0.15, -0.1) is 11.8 Å². The van der Waals surface area contributed by atoms with Crippen molar-refractivity contribution in [2.45, 2.75) is 11.8 Å². The molecule has 2 N–H and O–H groups in total. The van der Waals surface area contributed by atoms with Gasteiger partial charge in [0.2, 0.25) is 5.88 Å². The van der Waals surface area contributed by atoms with Crippen LogP contribution in [0.5, 0.6) is 0 Å². The van der Waals surface area contributed by atoms with Crippen LogP contribution < -0.4 is 5.73 Å². The molecule has 0 saturated heterocycles. The van der Waals surface area contributed by atoms with Crippen molar-refractivity contribution in [3.63, 3.8) is 0 Å². The van der Waals surface area contributed by atoms with Gasteiger partial charge in [0.1, 0.15) is 5.69 Å². The second-order valence-corrected chi connectivity index (χ2v) is 4.17. The first-order valence-electron chi connectivity index (χ1n) is 4.58. The second-order valence-electron chi connectivity index (χ2n) is 3.32. The molecule has 0 amide bonds. The number of thioether (sulfide) groups is 1. The van der Waals surface area contributed by atoms with Crippen molar-refractivity contribution in [1.82, 2.24) is 5.16 Å². The molecule has 0 atom stereocenters. The highest BCUT2D eigenvalue weighted by Crippen LogP contribution is 2.30. The summed E-state index contributed by atoms with van der Waals surface area (Å²) < 4.78 is 4.88. The van der Waals surface area contributed by atoms with Gasteiger partial charge in [-0.2, -0.15) is 0 Å². The van der Waals surface area contributed by atoms with Gasteiger partial charge in [-0.05, 0) is 25.3 Å². The third kappa shape index (κ3) is 1.99. The Kier molecular flexibility index (Phi) is 2.68. The van der Waals surface area contributed by atoms with Crippen LogP contribution in [0, 0.1) is 6.92 Å². The Hall–Kier alpha value is -1.42. The molecule has 0 saturated carbocycles. The quantitative estimate of drug-likeness (QED) is 0.790. The maximum Gasteiger partial charge on any atom is 0.222 e. The molecule has 0 radical (unpaired) electrons. The molecule has 0 aliphatic carbocycles. The van der Waals surface area contributed by atoms with Crippen LogP contribution in [-0.4, -0.2) is 11.4 Å². The predicted molar refractivity (Wildman–Crippen MR) is 62.9 cm³/mol. The van der Waals surface area contributed by atoms with Gasteiger partial charge >= 0.3 is 0 Å². The van der Waals surface area contributed by atoms with Crippen LogP contribution in [0.25, 0.3) is 11.3 Å². The van der Waals surface area contributed by atoms with E-state index in [9.17, 15) is 0 Å². The van der Waals surface area contributed by atoms with Crippen molar-refractivity contribution in [1.29, 1.82) is 0 Å². The van der Waals surface area contributed by atoms with E-state index in [0.29, 0.717) is 5.88 Å². The van der Waals surface area contributed by atoms with Crippen molar-refractivity contribution in [3.05, 3.63) is 29.8 Å². The number of aryl methyl sites for hydroxylation is 1. The molecule has 0 fully saturated rings. The van der Waals surface area contributed by atoms with E-state index in [1.54, 1.807) is 17.8 Å². The summed E-state index contributed by atoms with van der Waals surface area (Å²) in [5.41, 5.74) is 8.57. The van der Waals surface area contributed by atoms with Crippen LogP contribution in [0.1, 0.15) is 5.56 Å². The molecular weight excluding hydrogens is 208 g/mol. The van der Waals surface area contributed by atoms with Crippen LogP contribution >= 0.6 is 11.8 Å².